The average Bonchev–Trinajstić information content (AvgIpc) is 2.28. The van der Waals surface area contributed by atoms with Crippen molar-refractivity contribution in [2.75, 3.05) is 18.0 Å². The van der Waals surface area contributed by atoms with Crippen LogP contribution in [0.15, 0.2) is 18.2 Å². The molecule has 0 aliphatic carbocycles. The van der Waals surface area contributed by atoms with Gasteiger partial charge in [0.2, 0.25) is 0 Å². The van der Waals surface area contributed by atoms with Crippen molar-refractivity contribution in [2.45, 2.75) is 31.9 Å². The van der Waals surface area contributed by atoms with Crippen LogP contribution in [0.5, 0.6) is 0 Å². The maximum Gasteiger partial charge on any atom is 0.146 e. The van der Waals surface area contributed by atoms with E-state index in [0.29, 0.717) is 12.2 Å². The van der Waals surface area contributed by atoms with Crippen LogP contribution in [0.3, 0.4) is 0 Å². The molecule has 1 aromatic carbocycles. The molecular weight excluding hydrogens is 219 g/mol. The number of benzene rings is 1. The van der Waals surface area contributed by atoms with Gasteiger partial charge < -0.3 is 15.7 Å². The largest absolute Gasteiger partial charge is 0.391 e. The van der Waals surface area contributed by atoms with Crippen LogP contribution in [0.25, 0.3) is 0 Å². The lowest BCUT2D eigenvalue weighted by atomic mass is 10.0. The lowest BCUT2D eigenvalue weighted by molar-refractivity contribution is 0.154. The van der Waals surface area contributed by atoms with E-state index in [4.69, 9.17) is 5.73 Å². The molecule has 0 radical (unpaired) electrons. The fraction of sp³-hybridized carbons (Fsp3) is 0.538. The molecule has 1 aromatic rings. The number of nitrogens with two attached hydrogens (primary N) is 1. The smallest absolute Gasteiger partial charge is 0.146 e. The average molecular weight is 238 g/mol. The fourth-order valence-electron chi connectivity index (χ4n) is 2.24. The summed E-state index contributed by atoms with van der Waals surface area (Å²) in [5, 5.41) is 9.59. The zero-order chi connectivity index (χ0) is 12.4. The van der Waals surface area contributed by atoms with E-state index in [1.165, 1.54) is 6.07 Å². The first-order chi connectivity index (χ1) is 8.08. The van der Waals surface area contributed by atoms with Gasteiger partial charge in [0.25, 0.3) is 0 Å². The molecule has 3 nitrogen and oxygen atoms in total. The number of piperidine rings is 1. The van der Waals surface area contributed by atoms with E-state index < -0.39 is 0 Å². The minimum Gasteiger partial charge on any atom is -0.391 e. The number of hydrogen-bond donors (Lipinski definition) is 2. The summed E-state index contributed by atoms with van der Waals surface area (Å²) >= 11 is 0. The van der Waals surface area contributed by atoms with Crippen LogP contribution in [0.1, 0.15) is 31.4 Å². The molecule has 1 heterocycles. The monoisotopic (exact) mass is 238 g/mol. The van der Waals surface area contributed by atoms with Crippen LogP contribution < -0.4 is 10.6 Å². The first-order valence-electron chi connectivity index (χ1n) is 6.06. The van der Waals surface area contributed by atoms with Crippen molar-refractivity contribution in [1.82, 2.24) is 0 Å². The zero-order valence-corrected chi connectivity index (χ0v) is 10.1. The topological polar surface area (TPSA) is 49.5 Å². The predicted octanol–water partition coefficient (Wildman–Crippen LogP) is 1.81. The summed E-state index contributed by atoms with van der Waals surface area (Å²) in [6, 6.07) is 4.93. The number of nitrogens with zero attached hydrogens (tertiary/aromatic N) is 1. The second-order valence-electron chi connectivity index (χ2n) is 4.74. The van der Waals surface area contributed by atoms with Gasteiger partial charge >= 0.3 is 0 Å². The van der Waals surface area contributed by atoms with Crippen molar-refractivity contribution in [3.05, 3.63) is 29.6 Å². The van der Waals surface area contributed by atoms with E-state index in [-0.39, 0.29) is 18.0 Å². The second kappa shape index (κ2) is 5.02. The Hall–Kier alpha value is -1.13. The van der Waals surface area contributed by atoms with Crippen LogP contribution in [0, 0.1) is 5.82 Å². The maximum absolute atomic E-state index is 13.9. The van der Waals surface area contributed by atoms with Crippen molar-refractivity contribution in [2.24, 2.45) is 5.73 Å². The van der Waals surface area contributed by atoms with E-state index in [1.54, 1.807) is 6.07 Å². The quantitative estimate of drug-likeness (QED) is 0.826. The highest BCUT2D eigenvalue weighted by atomic mass is 19.1. The summed E-state index contributed by atoms with van der Waals surface area (Å²) in [6.07, 6.45) is 1.35. The minimum absolute atomic E-state index is 0.162. The lowest BCUT2D eigenvalue weighted by Crippen LogP contribution is -2.38. The first-order valence-corrected chi connectivity index (χ1v) is 6.06. The number of rotatable bonds is 2. The van der Waals surface area contributed by atoms with Crippen LogP contribution >= 0.6 is 0 Å². The van der Waals surface area contributed by atoms with E-state index in [9.17, 15) is 9.50 Å². The Bertz CT molecular complexity index is 395. The highest BCUT2D eigenvalue weighted by Crippen LogP contribution is 2.25. The van der Waals surface area contributed by atoms with Gasteiger partial charge in [-0.2, -0.15) is 0 Å². The summed E-state index contributed by atoms with van der Waals surface area (Å²) in [4.78, 5) is 1.90. The van der Waals surface area contributed by atoms with Crippen LogP contribution in [-0.2, 0) is 0 Å². The molecule has 0 saturated carbocycles. The van der Waals surface area contributed by atoms with Crippen molar-refractivity contribution >= 4 is 5.69 Å². The van der Waals surface area contributed by atoms with E-state index in [0.717, 1.165) is 24.9 Å². The van der Waals surface area contributed by atoms with Crippen molar-refractivity contribution in [1.29, 1.82) is 0 Å². The number of anilines is 1. The van der Waals surface area contributed by atoms with Gasteiger partial charge in [0, 0.05) is 19.1 Å². The van der Waals surface area contributed by atoms with E-state index in [2.05, 4.69) is 0 Å². The Morgan fingerprint density at radius 3 is 2.88 bits per heavy atom. The van der Waals surface area contributed by atoms with Crippen molar-refractivity contribution in [3.63, 3.8) is 0 Å². The number of aliphatic hydroxyl groups excluding tert-OH is 1. The van der Waals surface area contributed by atoms with Crippen LogP contribution in [0.4, 0.5) is 10.1 Å². The molecule has 0 spiro atoms. The number of hydrogen-bond acceptors (Lipinski definition) is 3. The van der Waals surface area contributed by atoms with Crippen LogP contribution in [-0.4, -0.2) is 24.3 Å². The SMILES string of the molecule is CC(N)c1ccc(N2CCCC(O)C2)c(F)c1. The highest BCUT2D eigenvalue weighted by molar-refractivity contribution is 5.50. The highest BCUT2D eigenvalue weighted by Gasteiger charge is 2.20. The zero-order valence-electron chi connectivity index (χ0n) is 10.1. The molecule has 3 N–H and O–H groups in total. The Balaban J connectivity index is 2.21. The normalized spacial score (nSPS) is 22.6. The third kappa shape index (κ3) is 2.76. The van der Waals surface area contributed by atoms with Crippen molar-refractivity contribution < 1.29 is 9.50 Å². The molecule has 0 amide bonds. The summed E-state index contributed by atoms with van der Waals surface area (Å²) < 4.78 is 13.9. The number of β-amino-alcohol motifs (C(OH)–C–C–N with tert-alkyl or cyclic N) is 1. The third-order valence-corrected chi connectivity index (χ3v) is 3.23. The Kier molecular flexibility index (Phi) is 3.64. The molecule has 4 heteroatoms. The first kappa shape index (κ1) is 12.3. The molecule has 2 atom stereocenters. The second-order valence-corrected chi connectivity index (χ2v) is 4.74. The molecule has 1 aliphatic heterocycles. The molecule has 2 unspecified atom stereocenters. The minimum atomic E-state index is -0.351. The van der Waals surface area contributed by atoms with Crippen molar-refractivity contribution in [3.8, 4) is 0 Å². The molecule has 1 fully saturated rings. The molecule has 94 valence electrons. The van der Waals surface area contributed by atoms with Gasteiger partial charge in [-0.3, -0.25) is 0 Å². The predicted molar refractivity (Wildman–Crippen MR) is 66.5 cm³/mol. The lowest BCUT2D eigenvalue weighted by Gasteiger charge is -2.32. The molecule has 17 heavy (non-hydrogen) atoms. The Labute approximate surface area is 101 Å². The fourth-order valence-corrected chi connectivity index (χ4v) is 2.24. The molecule has 0 aromatic heterocycles. The summed E-state index contributed by atoms with van der Waals surface area (Å²) in [6.45, 7) is 3.14. The Morgan fingerprint density at radius 1 is 1.53 bits per heavy atom. The number of aliphatic hydroxyl groups is 1. The summed E-state index contributed by atoms with van der Waals surface area (Å²) in [7, 11) is 0. The number of halogens is 1. The summed E-state index contributed by atoms with van der Waals surface area (Å²) in [5.74, 6) is -0.256. The van der Waals surface area contributed by atoms with Gasteiger partial charge in [0.05, 0.1) is 11.8 Å². The Morgan fingerprint density at radius 2 is 2.29 bits per heavy atom. The van der Waals surface area contributed by atoms with Crippen LogP contribution in [0.2, 0.25) is 0 Å². The van der Waals surface area contributed by atoms with Gasteiger partial charge in [-0.05, 0) is 37.5 Å². The molecule has 0 bridgehead atoms. The molecule has 1 aliphatic rings. The van der Waals surface area contributed by atoms with E-state index >= 15 is 0 Å². The third-order valence-electron chi connectivity index (χ3n) is 3.23. The molecule has 2 rings (SSSR count). The van der Waals surface area contributed by atoms with Gasteiger partial charge in [0.1, 0.15) is 5.82 Å². The summed E-state index contributed by atoms with van der Waals surface area (Å²) in [5.41, 5.74) is 7.07. The molecule has 1 saturated heterocycles. The van der Waals surface area contributed by atoms with Gasteiger partial charge in [0.15, 0.2) is 0 Å². The van der Waals surface area contributed by atoms with Gasteiger partial charge in [-0.15, -0.1) is 0 Å². The molecular formula is C13H19FN2O. The standard InChI is InChI=1S/C13H19FN2O/c1-9(15)10-4-5-13(12(14)7-10)16-6-2-3-11(17)8-16/h4-5,7,9,11,17H,2-3,6,8,15H2,1H3. The van der Waals surface area contributed by atoms with Gasteiger partial charge in [-0.1, -0.05) is 6.07 Å². The maximum atomic E-state index is 13.9. The van der Waals surface area contributed by atoms with Gasteiger partial charge in [-0.25, -0.2) is 4.39 Å². The van der Waals surface area contributed by atoms with E-state index in [1.807, 2.05) is 17.9 Å².